The van der Waals surface area contributed by atoms with Crippen LogP contribution in [0.15, 0.2) is 23.3 Å². The smallest absolute Gasteiger partial charge is 0.289 e. The van der Waals surface area contributed by atoms with Crippen molar-refractivity contribution in [2.24, 2.45) is 16.6 Å². The molecule has 1 rings (SSSR count). The molecular weight excluding hydrogens is 219 g/mol. The summed E-state index contributed by atoms with van der Waals surface area (Å²) in [6.07, 6.45) is 0. The summed E-state index contributed by atoms with van der Waals surface area (Å²) in [5.74, 6) is -0.415. The molecule has 1 aromatic rings. The van der Waals surface area contributed by atoms with E-state index in [0.717, 1.165) is 0 Å². The van der Waals surface area contributed by atoms with E-state index < -0.39 is 5.82 Å². The maximum Gasteiger partial charge on any atom is 0.362 e. The molecule has 0 aliphatic heterocycles. The van der Waals surface area contributed by atoms with Crippen molar-refractivity contribution in [3.05, 3.63) is 34.6 Å². The standard InChI is InChI=1S/C9H10ClFN4/c1-5(14-15-9(12)13)7-3-2-6(11)4-8(7)10/h2-4H,1H3,(H4,12,13,15)/p+1/b14-5-. The second-order valence-electron chi connectivity index (χ2n) is 2.89. The van der Waals surface area contributed by atoms with Gasteiger partial charge in [0, 0.05) is 5.56 Å². The summed E-state index contributed by atoms with van der Waals surface area (Å²) in [5, 5.41) is 6.54. The van der Waals surface area contributed by atoms with Crippen LogP contribution >= 0.6 is 11.6 Å². The van der Waals surface area contributed by atoms with Crippen LogP contribution in [0.3, 0.4) is 0 Å². The Bertz CT molecular complexity index is 424. The Hall–Kier alpha value is -1.62. The first kappa shape index (κ1) is 11.5. The number of hydrogen-bond acceptors (Lipinski definition) is 1. The molecule has 0 amide bonds. The van der Waals surface area contributed by atoms with Crippen molar-refractivity contribution < 1.29 is 9.49 Å². The number of guanidine groups is 1. The Morgan fingerprint density at radius 3 is 2.67 bits per heavy atom. The van der Waals surface area contributed by atoms with Crippen LogP contribution in [0.5, 0.6) is 0 Å². The molecule has 6 heteroatoms. The van der Waals surface area contributed by atoms with E-state index in [0.29, 0.717) is 11.3 Å². The first-order valence-corrected chi connectivity index (χ1v) is 4.52. The highest BCUT2D eigenvalue weighted by atomic mass is 35.5. The zero-order valence-corrected chi connectivity index (χ0v) is 8.85. The first-order chi connectivity index (χ1) is 7.00. The van der Waals surface area contributed by atoms with E-state index in [2.05, 4.69) is 10.2 Å². The molecule has 0 radical (unpaired) electrons. The molecule has 80 valence electrons. The molecule has 0 aliphatic rings. The Labute approximate surface area is 91.4 Å². The topological polar surface area (TPSA) is 78.4 Å². The Morgan fingerprint density at radius 2 is 2.13 bits per heavy atom. The van der Waals surface area contributed by atoms with Crippen molar-refractivity contribution in [2.75, 3.05) is 0 Å². The number of nitrogens with one attached hydrogen (secondary N) is 1. The normalized spacial score (nSPS) is 11.3. The van der Waals surface area contributed by atoms with Crippen LogP contribution in [0.1, 0.15) is 12.5 Å². The lowest BCUT2D eigenvalue weighted by Gasteiger charge is -2.01. The molecule has 0 unspecified atom stereocenters. The van der Waals surface area contributed by atoms with Crippen LogP contribution < -0.4 is 16.6 Å². The summed E-state index contributed by atoms with van der Waals surface area (Å²) >= 11 is 5.82. The number of rotatable bonds is 2. The average molecular weight is 230 g/mol. The van der Waals surface area contributed by atoms with Gasteiger partial charge in [0.15, 0.2) is 0 Å². The highest BCUT2D eigenvalue weighted by molar-refractivity contribution is 6.34. The van der Waals surface area contributed by atoms with Crippen molar-refractivity contribution in [2.45, 2.75) is 6.92 Å². The molecule has 0 bridgehead atoms. The van der Waals surface area contributed by atoms with Gasteiger partial charge in [0.2, 0.25) is 0 Å². The van der Waals surface area contributed by atoms with E-state index in [4.69, 9.17) is 23.1 Å². The summed E-state index contributed by atoms with van der Waals surface area (Å²) in [7, 11) is 0. The third-order valence-corrected chi connectivity index (χ3v) is 1.99. The highest BCUT2D eigenvalue weighted by Gasteiger charge is 2.05. The average Bonchev–Trinajstić information content (AvgIpc) is 2.14. The molecule has 5 N–H and O–H groups in total. The molecule has 0 saturated carbocycles. The SMILES string of the molecule is C/C(=N/[NH+]=C(N)N)c1ccc(F)cc1Cl. The number of hydrazone groups is 1. The quantitative estimate of drug-likeness (QED) is 0.365. The molecular formula is C9H11ClFN4+. The lowest BCUT2D eigenvalue weighted by Crippen LogP contribution is -2.72. The maximum atomic E-state index is 12.7. The molecule has 1 aromatic carbocycles. The van der Waals surface area contributed by atoms with Gasteiger partial charge in [-0.1, -0.05) is 11.6 Å². The summed E-state index contributed by atoms with van der Waals surface area (Å²) in [6, 6.07) is 4.05. The predicted molar refractivity (Wildman–Crippen MR) is 58.0 cm³/mol. The number of nitrogens with two attached hydrogens (primary N) is 2. The monoisotopic (exact) mass is 229 g/mol. The van der Waals surface area contributed by atoms with Gasteiger partial charge in [-0.15, -0.1) is 5.10 Å². The van der Waals surface area contributed by atoms with Gasteiger partial charge in [-0.3, -0.25) is 11.5 Å². The summed E-state index contributed by atoms with van der Waals surface area (Å²) < 4.78 is 12.7. The second-order valence-corrected chi connectivity index (χ2v) is 3.30. The van der Waals surface area contributed by atoms with E-state index in [9.17, 15) is 4.39 Å². The summed E-state index contributed by atoms with van der Waals surface area (Å²) in [5.41, 5.74) is 11.5. The third-order valence-electron chi connectivity index (χ3n) is 1.67. The van der Waals surface area contributed by atoms with E-state index in [1.165, 1.54) is 18.2 Å². The summed E-state index contributed by atoms with van der Waals surface area (Å²) in [6.45, 7) is 1.70. The molecule has 0 atom stereocenters. The Morgan fingerprint density at radius 1 is 1.47 bits per heavy atom. The van der Waals surface area contributed by atoms with Gasteiger partial charge in [0.05, 0.1) is 10.7 Å². The largest absolute Gasteiger partial charge is 0.362 e. The van der Waals surface area contributed by atoms with Crippen molar-refractivity contribution in [1.29, 1.82) is 0 Å². The predicted octanol–water partition coefficient (Wildman–Crippen LogP) is -0.443. The lowest BCUT2D eigenvalue weighted by molar-refractivity contribution is -0.464. The van der Waals surface area contributed by atoms with Gasteiger partial charge in [-0.05, 0) is 25.1 Å². The van der Waals surface area contributed by atoms with Gasteiger partial charge >= 0.3 is 5.96 Å². The van der Waals surface area contributed by atoms with E-state index in [-0.39, 0.29) is 11.0 Å². The molecule has 0 saturated heterocycles. The van der Waals surface area contributed by atoms with Crippen molar-refractivity contribution >= 4 is 23.3 Å². The lowest BCUT2D eigenvalue weighted by atomic mass is 10.1. The summed E-state index contributed by atoms with van der Waals surface area (Å²) in [4.78, 5) is 0. The molecule has 15 heavy (non-hydrogen) atoms. The molecule has 0 heterocycles. The van der Waals surface area contributed by atoms with Gasteiger partial charge in [-0.25, -0.2) is 4.39 Å². The first-order valence-electron chi connectivity index (χ1n) is 4.14. The fourth-order valence-corrected chi connectivity index (χ4v) is 1.30. The minimum Gasteiger partial charge on any atom is -0.289 e. The molecule has 0 aromatic heterocycles. The van der Waals surface area contributed by atoms with E-state index in [1.807, 2.05) is 0 Å². The molecule has 0 fully saturated rings. The zero-order valence-electron chi connectivity index (χ0n) is 8.09. The van der Waals surface area contributed by atoms with Gasteiger partial charge in [0.1, 0.15) is 5.82 Å². The maximum absolute atomic E-state index is 12.7. The van der Waals surface area contributed by atoms with E-state index >= 15 is 0 Å². The van der Waals surface area contributed by atoms with Crippen LogP contribution in [-0.4, -0.2) is 11.7 Å². The fraction of sp³-hybridized carbons (Fsp3) is 0.111. The second kappa shape index (κ2) is 4.75. The van der Waals surface area contributed by atoms with Crippen LogP contribution in [0.2, 0.25) is 5.02 Å². The number of benzene rings is 1. The van der Waals surface area contributed by atoms with Crippen molar-refractivity contribution in [1.82, 2.24) is 0 Å². The van der Waals surface area contributed by atoms with Gasteiger partial charge in [-0.2, -0.15) is 5.10 Å². The Kier molecular flexibility index (Phi) is 3.62. The van der Waals surface area contributed by atoms with Gasteiger partial charge < -0.3 is 0 Å². The van der Waals surface area contributed by atoms with Crippen molar-refractivity contribution in [3.63, 3.8) is 0 Å². The minimum absolute atomic E-state index is 0.0208. The number of nitrogens with zero attached hydrogens (tertiary/aromatic N) is 1. The van der Waals surface area contributed by atoms with Crippen molar-refractivity contribution in [3.8, 4) is 0 Å². The molecule has 4 nitrogen and oxygen atoms in total. The Balaban J connectivity index is 3.06. The van der Waals surface area contributed by atoms with E-state index in [1.54, 1.807) is 6.92 Å². The van der Waals surface area contributed by atoms with Crippen LogP contribution in [0.4, 0.5) is 4.39 Å². The molecule has 0 spiro atoms. The number of hydrogen-bond donors (Lipinski definition) is 3. The minimum atomic E-state index is -0.394. The van der Waals surface area contributed by atoms with Crippen LogP contribution in [0.25, 0.3) is 0 Å². The molecule has 0 aliphatic carbocycles. The highest BCUT2D eigenvalue weighted by Crippen LogP contribution is 2.17. The third kappa shape index (κ3) is 3.21. The van der Waals surface area contributed by atoms with Crippen LogP contribution in [0, 0.1) is 5.82 Å². The zero-order chi connectivity index (χ0) is 11.4. The van der Waals surface area contributed by atoms with Crippen LogP contribution in [-0.2, 0) is 0 Å². The number of halogens is 2. The van der Waals surface area contributed by atoms with Gasteiger partial charge in [0.25, 0.3) is 0 Å². The fourth-order valence-electron chi connectivity index (χ4n) is 0.992.